The van der Waals surface area contributed by atoms with Gasteiger partial charge in [-0.25, -0.2) is 0 Å². The molecule has 2 rings (SSSR count). The maximum Gasteiger partial charge on any atom is 0.270 e. The lowest BCUT2D eigenvalue weighted by Crippen LogP contribution is -2.66. The number of hydrogen-bond donors (Lipinski definition) is 1. The fourth-order valence-electron chi connectivity index (χ4n) is 2.03. The molecule has 0 aromatic carbocycles. The van der Waals surface area contributed by atoms with Gasteiger partial charge in [0.1, 0.15) is 16.4 Å². The topological polar surface area (TPSA) is 45.5 Å². The minimum Gasteiger partial charge on any atom is -0.386 e. The smallest absolute Gasteiger partial charge is 0.270 e. The number of halogens is 2. The molecule has 1 saturated heterocycles. The first-order chi connectivity index (χ1) is 8.26. The van der Waals surface area contributed by atoms with Crippen LogP contribution in [0.2, 0.25) is 10.2 Å². The van der Waals surface area contributed by atoms with Crippen LogP contribution >= 0.6 is 23.2 Å². The summed E-state index contributed by atoms with van der Waals surface area (Å²) >= 11 is 11.8. The lowest BCUT2D eigenvalue weighted by Gasteiger charge is -2.48. The SMILES string of the molecule is CC(C)C1(O)CN(C(=O)c2cc(Cl)c(Cl)n2C)C1. The van der Waals surface area contributed by atoms with Crippen molar-refractivity contribution in [3.63, 3.8) is 0 Å². The van der Waals surface area contributed by atoms with Gasteiger partial charge < -0.3 is 14.6 Å². The van der Waals surface area contributed by atoms with E-state index >= 15 is 0 Å². The number of aromatic nitrogens is 1. The highest BCUT2D eigenvalue weighted by atomic mass is 35.5. The average molecular weight is 291 g/mol. The number of β-amino-alcohol motifs (C(OH)–C–C–N with tert-alkyl or cyclic N) is 1. The van der Waals surface area contributed by atoms with Crippen molar-refractivity contribution < 1.29 is 9.90 Å². The molecule has 0 atom stereocenters. The molecule has 6 heteroatoms. The predicted molar refractivity (Wildman–Crippen MR) is 71.1 cm³/mol. The molecule has 0 radical (unpaired) electrons. The number of hydrogen-bond acceptors (Lipinski definition) is 2. The van der Waals surface area contributed by atoms with Crippen molar-refractivity contribution in [1.82, 2.24) is 9.47 Å². The van der Waals surface area contributed by atoms with Gasteiger partial charge >= 0.3 is 0 Å². The molecule has 1 aliphatic rings. The number of rotatable bonds is 2. The van der Waals surface area contributed by atoms with E-state index in [1.807, 2.05) is 13.8 Å². The first-order valence-electron chi connectivity index (χ1n) is 5.78. The van der Waals surface area contributed by atoms with Crippen molar-refractivity contribution >= 4 is 29.1 Å². The monoisotopic (exact) mass is 290 g/mol. The van der Waals surface area contributed by atoms with Gasteiger partial charge in [-0.1, -0.05) is 37.0 Å². The van der Waals surface area contributed by atoms with E-state index in [0.717, 1.165) is 0 Å². The highest BCUT2D eigenvalue weighted by molar-refractivity contribution is 6.41. The maximum absolute atomic E-state index is 12.2. The molecule has 1 amide bonds. The third kappa shape index (κ3) is 2.02. The van der Waals surface area contributed by atoms with E-state index in [1.54, 1.807) is 22.6 Å². The summed E-state index contributed by atoms with van der Waals surface area (Å²) in [5.74, 6) is -0.0289. The molecule has 1 aromatic heterocycles. The molecule has 0 spiro atoms. The van der Waals surface area contributed by atoms with Crippen LogP contribution < -0.4 is 0 Å². The normalized spacial score (nSPS) is 18.1. The molecule has 1 aromatic rings. The molecule has 0 saturated carbocycles. The first kappa shape index (κ1) is 13.7. The van der Waals surface area contributed by atoms with Crippen molar-refractivity contribution in [1.29, 1.82) is 0 Å². The molecular weight excluding hydrogens is 275 g/mol. The molecule has 1 aliphatic heterocycles. The Kier molecular flexibility index (Phi) is 3.38. The van der Waals surface area contributed by atoms with Gasteiger partial charge in [0.05, 0.1) is 18.1 Å². The van der Waals surface area contributed by atoms with Gasteiger partial charge in [-0.05, 0) is 12.0 Å². The molecule has 1 fully saturated rings. The van der Waals surface area contributed by atoms with E-state index in [9.17, 15) is 9.90 Å². The van der Waals surface area contributed by atoms with Crippen molar-refractivity contribution in [3.8, 4) is 0 Å². The van der Waals surface area contributed by atoms with Crippen LogP contribution in [0.5, 0.6) is 0 Å². The summed E-state index contributed by atoms with van der Waals surface area (Å²) < 4.78 is 1.55. The number of nitrogens with zero attached hydrogens (tertiary/aromatic N) is 2. The number of likely N-dealkylation sites (tertiary alicyclic amines) is 1. The Balaban J connectivity index is 2.13. The third-order valence-corrected chi connectivity index (χ3v) is 4.47. The van der Waals surface area contributed by atoms with Crippen LogP contribution in [0.3, 0.4) is 0 Å². The summed E-state index contributed by atoms with van der Waals surface area (Å²) in [4.78, 5) is 13.8. The van der Waals surface area contributed by atoms with Crippen LogP contribution in [0, 0.1) is 5.92 Å². The highest BCUT2D eigenvalue weighted by Crippen LogP contribution is 2.32. The minimum absolute atomic E-state index is 0.127. The second-order valence-electron chi connectivity index (χ2n) is 5.15. The Morgan fingerprint density at radius 3 is 2.39 bits per heavy atom. The number of aliphatic hydroxyl groups is 1. The Bertz CT molecular complexity index is 491. The van der Waals surface area contributed by atoms with Crippen LogP contribution in [-0.4, -0.2) is 39.2 Å². The van der Waals surface area contributed by atoms with Crippen LogP contribution in [-0.2, 0) is 7.05 Å². The zero-order valence-electron chi connectivity index (χ0n) is 10.6. The molecule has 0 bridgehead atoms. The number of amides is 1. The van der Waals surface area contributed by atoms with Gasteiger partial charge in [0.15, 0.2) is 0 Å². The number of carbonyl (C=O) groups excluding carboxylic acids is 1. The van der Waals surface area contributed by atoms with E-state index in [-0.39, 0.29) is 11.8 Å². The van der Waals surface area contributed by atoms with Gasteiger partial charge in [0.2, 0.25) is 0 Å². The maximum atomic E-state index is 12.2. The van der Waals surface area contributed by atoms with Gasteiger partial charge in [-0.2, -0.15) is 0 Å². The Morgan fingerprint density at radius 1 is 1.44 bits per heavy atom. The largest absolute Gasteiger partial charge is 0.386 e. The first-order valence-corrected chi connectivity index (χ1v) is 6.54. The summed E-state index contributed by atoms with van der Waals surface area (Å²) in [5.41, 5.74) is -0.329. The lowest BCUT2D eigenvalue weighted by molar-refractivity contribution is -0.111. The van der Waals surface area contributed by atoms with E-state index in [4.69, 9.17) is 23.2 Å². The van der Waals surface area contributed by atoms with Crippen LogP contribution in [0.25, 0.3) is 0 Å². The van der Waals surface area contributed by atoms with E-state index in [1.165, 1.54) is 0 Å². The molecule has 2 heterocycles. The van der Waals surface area contributed by atoms with E-state index in [0.29, 0.717) is 29.0 Å². The second-order valence-corrected chi connectivity index (χ2v) is 5.91. The zero-order valence-corrected chi connectivity index (χ0v) is 12.1. The number of carbonyl (C=O) groups is 1. The molecule has 4 nitrogen and oxygen atoms in total. The fraction of sp³-hybridized carbons (Fsp3) is 0.583. The van der Waals surface area contributed by atoms with E-state index in [2.05, 4.69) is 0 Å². The van der Waals surface area contributed by atoms with Gasteiger partial charge in [-0.3, -0.25) is 4.79 Å². The minimum atomic E-state index is -0.769. The van der Waals surface area contributed by atoms with Crippen molar-refractivity contribution in [2.24, 2.45) is 13.0 Å². The molecule has 0 aliphatic carbocycles. The van der Waals surface area contributed by atoms with Gasteiger partial charge in [-0.15, -0.1) is 0 Å². The van der Waals surface area contributed by atoms with Crippen molar-refractivity contribution in [3.05, 3.63) is 21.9 Å². The fourth-order valence-corrected chi connectivity index (χ4v) is 2.41. The molecule has 100 valence electrons. The average Bonchev–Trinajstić information content (AvgIpc) is 2.51. The van der Waals surface area contributed by atoms with Gasteiger partial charge in [0, 0.05) is 7.05 Å². The Labute approximate surface area is 116 Å². The van der Waals surface area contributed by atoms with Crippen LogP contribution in [0.15, 0.2) is 6.07 Å². The van der Waals surface area contributed by atoms with E-state index < -0.39 is 5.60 Å². The summed E-state index contributed by atoms with van der Waals surface area (Å²) in [5, 5.41) is 10.8. The predicted octanol–water partition coefficient (Wildman–Crippen LogP) is 2.17. The van der Waals surface area contributed by atoms with Crippen LogP contribution in [0.4, 0.5) is 0 Å². The third-order valence-electron chi connectivity index (χ3n) is 3.63. The molecule has 0 unspecified atom stereocenters. The standard InChI is InChI=1S/C12H16Cl2N2O2/c1-7(2)12(18)5-16(6-12)11(17)9-4-8(13)10(14)15(9)3/h4,7,18H,5-6H2,1-3H3. The zero-order chi connectivity index (χ0) is 13.7. The van der Waals surface area contributed by atoms with Gasteiger partial charge in [0.25, 0.3) is 5.91 Å². The highest BCUT2D eigenvalue weighted by Gasteiger charge is 2.46. The second kappa shape index (κ2) is 4.44. The quantitative estimate of drug-likeness (QED) is 0.907. The Morgan fingerprint density at radius 2 is 2.00 bits per heavy atom. The van der Waals surface area contributed by atoms with Crippen molar-refractivity contribution in [2.45, 2.75) is 19.4 Å². The summed E-state index contributed by atoms with van der Waals surface area (Å²) in [7, 11) is 1.69. The van der Waals surface area contributed by atoms with Crippen LogP contribution in [0.1, 0.15) is 24.3 Å². The summed E-state index contributed by atoms with van der Waals surface area (Å²) in [6, 6.07) is 1.55. The lowest BCUT2D eigenvalue weighted by atomic mass is 9.83. The van der Waals surface area contributed by atoms with Crippen molar-refractivity contribution in [2.75, 3.05) is 13.1 Å². The summed E-state index contributed by atoms with van der Waals surface area (Å²) in [6.07, 6.45) is 0. The molecule has 18 heavy (non-hydrogen) atoms. The summed E-state index contributed by atoms with van der Waals surface area (Å²) in [6.45, 7) is 4.59. The Hall–Kier alpha value is -0.710. The molecule has 1 N–H and O–H groups in total. The molecular formula is C12H16Cl2N2O2.